The Hall–Kier alpha value is -2.18. The van der Waals surface area contributed by atoms with Crippen LogP contribution in [0, 0.1) is 5.92 Å². The maximum Gasteiger partial charge on any atom is 0.265 e. The van der Waals surface area contributed by atoms with Crippen molar-refractivity contribution in [3.8, 4) is 10.6 Å². The van der Waals surface area contributed by atoms with Crippen LogP contribution in [0.25, 0.3) is 10.6 Å². The van der Waals surface area contributed by atoms with Gasteiger partial charge in [-0.25, -0.2) is 4.98 Å². The van der Waals surface area contributed by atoms with Gasteiger partial charge >= 0.3 is 0 Å². The minimum absolute atomic E-state index is 0.143. The van der Waals surface area contributed by atoms with E-state index in [-0.39, 0.29) is 5.91 Å². The zero-order valence-corrected chi connectivity index (χ0v) is 17.3. The van der Waals surface area contributed by atoms with Gasteiger partial charge in [0, 0.05) is 42.8 Å². The van der Waals surface area contributed by atoms with Gasteiger partial charge in [-0.05, 0) is 48.3 Å². The highest BCUT2D eigenvalue weighted by Gasteiger charge is 2.28. The van der Waals surface area contributed by atoms with E-state index in [1.807, 2.05) is 10.3 Å². The number of carbonyl (C=O) groups is 1. The van der Waals surface area contributed by atoms with Crippen molar-refractivity contribution in [3.05, 3.63) is 57.7 Å². The van der Waals surface area contributed by atoms with E-state index in [4.69, 9.17) is 0 Å². The lowest BCUT2D eigenvalue weighted by atomic mass is 9.96. The SMILES string of the molecule is O=C(c1cnc(-c2ccsc2)s1)N1CCC(CN2CCc3ccccc32)CC1. The van der Waals surface area contributed by atoms with Gasteiger partial charge < -0.3 is 9.80 Å². The number of hydrogen-bond acceptors (Lipinski definition) is 5. The molecule has 0 aliphatic carbocycles. The summed E-state index contributed by atoms with van der Waals surface area (Å²) >= 11 is 3.16. The van der Waals surface area contributed by atoms with Crippen LogP contribution in [0.5, 0.6) is 0 Å². The Morgan fingerprint density at radius 1 is 1.14 bits per heavy atom. The Morgan fingerprint density at radius 2 is 2.00 bits per heavy atom. The number of hydrogen-bond donors (Lipinski definition) is 0. The van der Waals surface area contributed by atoms with Crippen molar-refractivity contribution in [1.29, 1.82) is 0 Å². The van der Waals surface area contributed by atoms with Crippen LogP contribution in [0.15, 0.2) is 47.3 Å². The Morgan fingerprint density at radius 3 is 2.82 bits per heavy atom. The number of anilines is 1. The van der Waals surface area contributed by atoms with Gasteiger partial charge in [-0.3, -0.25) is 4.79 Å². The quantitative estimate of drug-likeness (QED) is 0.622. The maximum atomic E-state index is 12.9. The van der Waals surface area contributed by atoms with Crippen LogP contribution < -0.4 is 4.90 Å². The zero-order chi connectivity index (χ0) is 18.9. The fourth-order valence-corrected chi connectivity index (χ4v) is 5.87. The Bertz CT molecular complexity index is 958. The van der Waals surface area contributed by atoms with Crippen molar-refractivity contribution < 1.29 is 4.79 Å². The lowest BCUT2D eigenvalue weighted by Crippen LogP contribution is -2.41. The minimum atomic E-state index is 0.143. The van der Waals surface area contributed by atoms with Crippen LogP contribution in [-0.4, -0.2) is 42.0 Å². The molecule has 5 rings (SSSR count). The standard InChI is InChI=1S/C22H23N3OS2/c26-22(20-13-23-21(28-20)18-8-12-27-15-18)24-9-5-16(6-10-24)14-25-11-7-17-3-1-2-4-19(17)25/h1-4,8,12-13,15-16H,5-7,9-11,14H2. The third-order valence-corrected chi connectivity index (χ3v) is 7.57. The van der Waals surface area contributed by atoms with E-state index in [2.05, 4.69) is 45.6 Å². The molecular weight excluding hydrogens is 386 g/mol. The third kappa shape index (κ3) is 3.47. The van der Waals surface area contributed by atoms with Crippen molar-refractivity contribution in [2.45, 2.75) is 19.3 Å². The van der Waals surface area contributed by atoms with Crippen LogP contribution in [0.4, 0.5) is 5.69 Å². The molecule has 2 aliphatic heterocycles. The number of carbonyl (C=O) groups excluding carboxylic acids is 1. The highest BCUT2D eigenvalue weighted by atomic mass is 32.1. The summed E-state index contributed by atoms with van der Waals surface area (Å²) in [7, 11) is 0. The highest BCUT2D eigenvalue weighted by Crippen LogP contribution is 2.31. The summed E-state index contributed by atoms with van der Waals surface area (Å²) in [5, 5.41) is 5.06. The summed E-state index contributed by atoms with van der Waals surface area (Å²) in [6.07, 6.45) is 5.07. The summed E-state index contributed by atoms with van der Waals surface area (Å²) < 4.78 is 0. The first-order valence-electron chi connectivity index (χ1n) is 9.88. The number of piperidine rings is 1. The lowest BCUT2D eigenvalue weighted by molar-refractivity contribution is 0.0697. The Labute approximate surface area is 173 Å². The van der Waals surface area contributed by atoms with E-state index in [0.29, 0.717) is 5.92 Å². The molecule has 0 atom stereocenters. The van der Waals surface area contributed by atoms with Crippen molar-refractivity contribution in [1.82, 2.24) is 9.88 Å². The molecule has 0 spiro atoms. The molecule has 4 nitrogen and oxygen atoms in total. The molecule has 0 saturated carbocycles. The van der Waals surface area contributed by atoms with Crippen molar-refractivity contribution in [2.24, 2.45) is 5.92 Å². The number of aromatic nitrogens is 1. The van der Waals surface area contributed by atoms with Crippen LogP contribution in [-0.2, 0) is 6.42 Å². The maximum absolute atomic E-state index is 12.9. The topological polar surface area (TPSA) is 36.4 Å². The van der Waals surface area contributed by atoms with Gasteiger partial charge in [0.15, 0.2) is 0 Å². The van der Waals surface area contributed by atoms with Gasteiger partial charge in [0.2, 0.25) is 0 Å². The molecule has 0 bridgehead atoms. The Balaban J connectivity index is 1.18. The van der Waals surface area contributed by atoms with Crippen molar-refractivity contribution >= 4 is 34.3 Å². The van der Waals surface area contributed by atoms with Gasteiger partial charge in [-0.2, -0.15) is 11.3 Å². The summed E-state index contributed by atoms with van der Waals surface area (Å²) in [4.78, 5) is 22.6. The predicted molar refractivity (Wildman–Crippen MR) is 116 cm³/mol. The van der Waals surface area contributed by atoms with Gasteiger partial charge in [0.05, 0.1) is 6.20 Å². The first-order chi connectivity index (χ1) is 13.8. The molecule has 6 heteroatoms. The van der Waals surface area contributed by atoms with E-state index >= 15 is 0 Å². The molecule has 1 amide bonds. The molecule has 1 aromatic carbocycles. The summed E-state index contributed by atoms with van der Waals surface area (Å²) in [5.41, 5.74) is 3.99. The van der Waals surface area contributed by atoms with Crippen LogP contribution in [0.3, 0.4) is 0 Å². The molecule has 3 aromatic rings. The number of fused-ring (bicyclic) bond motifs is 1. The predicted octanol–water partition coefficient (Wildman–Crippen LogP) is 4.79. The molecule has 4 heterocycles. The second kappa shape index (κ2) is 7.68. The molecule has 2 aromatic heterocycles. The van der Waals surface area contributed by atoms with Crippen LogP contribution in [0.2, 0.25) is 0 Å². The number of benzene rings is 1. The minimum Gasteiger partial charge on any atom is -0.371 e. The second-order valence-corrected chi connectivity index (χ2v) is 9.41. The van der Waals surface area contributed by atoms with Gasteiger partial charge in [0.1, 0.15) is 9.88 Å². The Kier molecular flexibility index (Phi) is 4.91. The molecule has 144 valence electrons. The second-order valence-electron chi connectivity index (χ2n) is 7.60. The summed E-state index contributed by atoms with van der Waals surface area (Å²) in [6.45, 7) is 3.95. The average molecular weight is 410 g/mol. The van der Waals surface area contributed by atoms with Gasteiger partial charge in [0.25, 0.3) is 5.91 Å². The highest BCUT2D eigenvalue weighted by molar-refractivity contribution is 7.17. The van der Waals surface area contributed by atoms with E-state index < -0.39 is 0 Å². The first-order valence-corrected chi connectivity index (χ1v) is 11.6. The molecule has 0 radical (unpaired) electrons. The van der Waals surface area contributed by atoms with E-state index in [0.717, 1.165) is 60.9 Å². The normalized spacial score (nSPS) is 17.1. The summed E-state index contributed by atoms with van der Waals surface area (Å²) in [6, 6.07) is 10.8. The van der Waals surface area contributed by atoms with E-state index in [1.165, 1.54) is 22.6 Å². The number of para-hydroxylation sites is 1. The number of likely N-dealkylation sites (tertiary alicyclic amines) is 1. The monoisotopic (exact) mass is 409 g/mol. The average Bonchev–Trinajstić information content (AvgIpc) is 3.49. The third-order valence-electron chi connectivity index (χ3n) is 5.85. The van der Waals surface area contributed by atoms with E-state index in [9.17, 15) is 4.79 Å². The number of amides is 1. The van der Waals surface area contributed by atoms with Crippen LogP contribution >= 0.6 is 22.7 Å². The largest absolute Gasteiger partial charge is 0.371 e. The zero-order valence-electron chi connectivity index (χ0n) is 15.7. The van der Waals surface area contributed by atoms with Gasteiger partial charge in [-0.15, -0.1) is 11.3 Å². The molecule has 28 heavy (non-hydrogen) atoms. The molecular formula is C22H23N3OS2. The number of thiophene rings is 1. The number of nitrogens with zero attached hydrogens (tertiary/aromatic N) is 3. The first kappa shape index (κ1) is 17.9. The van der Waals surface area contributed by atoms with Crippen molar-refractivity contribution in [3.63, 3.8) is 0 Å². The number of thiazole rings is 1. The molecule has 2 aliphatic rings. The van der Waals surface area contributed by atoms with Crippen molar-refractivity contribution in [2.75, 3.05) is 31.1 Å². The van der Waals surface area contributed by atoms with Crippen LogP contribution in [0.1, 0.15) is 28.1 Å². The molecule has 0 unspecified atom stereocenters. The van der Waals surface area contributed by atoms with Gasteiger partial charge in [-0.1, -0.05) is 18.2 Å². The molecule has 0 N–H and O–H groups in total. The molecule has 1 saturated heterocycles. The summed E-state index contributed by atoms with van der Waals surface area (Å²) in [5.74, 6) is 0.807. The fourth-order valence-electron chi connectivity index (χ4n) is 4.27. The fraction of sp³-hybridized carbons (Fsp3) is 0.364. The lowest BCUT2D eigenvalue weighted by Gasteiger charge is -2.34. The number of rotatable bonds is 4. The molecule has 1 fully saturated rings. The van der Waals surface area contributed by atoms with E-state index in [1.54, 1.807) is 17.5 Å². The smallest absolute Gasteiger partial charge is 0.265 e.